The Balaban J connectivity index is 1.67. The van der Waals surface area contributed by atoms with E-state index in [0.717, 1.165) is 10.7 Å². The van der Waals surface area contributed by atoms with Crippen molar-refractivity contribution >= 4 is 35.4 Å². The highest BCUT2D eigenvalue weighted by Gasteiger charge is 2.34. The smallest absolute Gasteiger partial charge is 0.352 e. The number of amides is 1. The number of hydroxylamine groups is 1. The Labute approximate surface area is 235 Å². The number of aliphatic imine (C=N–C) groups is 1. The molecular formula is C30H25FN4O4S. The number of carbonyl (C=O) groups is 2. The highest BCUT2D eigenvalue weighted by atomic mass is 32.2. The Kier molecular flexibility index (Phi) is 8.18. The summed E-state index contributed by atoms with van der Waals surface area (Å²) in [4.78, 5) is 42.5. The highest BCUT2D eigenvalue weighted by Crippen LogP contribution is 2.32. The van der Waals surface area contributed by atoms with Crippen LogP contribution in [0.3, 0.4) is 0 Å². The molecule has 40 heavy (non-hydrogen) atoms. The molecule has 1 aliphatic heterocycles. The molecule has 202 valence electrons. The van der Waals surface area contributed by atoms with Crippen molar-refractivity contribution in [3.8, 4) is 5.75 Å². The summed E-state index contributed by atoms with van der Waals surface area (Å²) in [7, 11) is 2.97. The summed E-state index contributed by atoms with van der Waals surface area (Å²) >= 11 is 0.0656. The van der Waals surface area contributed by atoms with Gasteiger partial charge in [-0.05, 0) is 41.1 Å². The Morgan fingerprint density at radius 3 is 2.50 bits per heavy atom. The molecule has 0 fully saturated rings. The van der Waals surface area contributed by atoms with Crippen molar-refractivity contribution in [3.05, 3.63) is 120 Å². The predicted molar refractivity (Wildman–Crippen MR) is 151 cm³/mol. The van der Waals surface area contributed by atoms with Crippen molar-refractivity contribution in [2.24, 2.45) is 4.99 Å². The number of aromatic nitrogens is 1. The number of fused-ring (bicyclic) bond motifs is 1. The minimum atomic E-state index is -1.06. The molecule has 0 N–H and O–H groups in total. The minimum Gasteiger partial charge on any atom is -0.497 e. The molecule has 3 aromatic carbocycles. The van der Waals surface area contributed by atoms with Crippen LogP contribution in [0.2, 0.25) is 0 Å². The van der Waals surface area contributed by atoms with Gasteiger partial charge in [-0.1, -0.05) is 60.7 Å². The highest BCUT2D eigenvalue weighted by molar-refractivity contribution is 7.94. The van der Waals surface area contributed by atoms with E-state index < -0.39 is 17.9 Å². The molecule has 0 saturated carbocycles. The van der Waals surface area contributed by atoms with Gasteiger partial charge in [-0.2, -0.15) is 3.89 Å². The molecule has 1 aliphatic rings. The summed E-state index contributed by atoms with van der Waals surface area (Å²) in [6.07, 6.45) is 1.57. The quantitative estimate of drug-likeness (QED) is 0.311. The number of ether oxygens (including phenoxy) is 1. The van der Waals surface area contributed by atoms with E-state index in [1.165, 1.54) is 25.4 Å². The molecule has 0 saturated heterocycles. The number of para-hydroxylation sites is 1. The van der Waals surface area contributed by atoms with Gasteiger partial charge in [0.1, 0.15) is 11.4 Å². The van der Waals surface area contributed by atoms with E-state index in [0.29, 0.717) is 33.2 Å². The number of halogens is 1. The van der Waals surface area contributed by atoms with Crippen molar-refractivity contribution in [1.29, 1.82) is 0 Å². The van der Waals surface area contributed by atoms with Crippen LogP contribution in [0.1, 0.15) is 27.2 Å². The third kappa shape index (κ3) is 5.58. The molecule has 5 rings (SSSR count). The first-order valence-electron chi connectivity index (χ1n) is 12.4. The Morgan fingerprint density at radius 2 is 1.77 bits per heavy atom. The fourth-order valence-corrected chi connectivity index (χ4v) is 4.83. The van der Waals surface area contributed by atoms with E-state index in [4.69, 9.17) is 14.6 Å². The summed E-state index contributed by atoms with van der Waals surface area (Å²) in [5.41, 5.74) is 2.98. The Hall–Kier alpha value is -4.54. The molecule has 4 aromatic rings. The number of benzene rings is 3. The number of anilines is 1. The molecule has 1 atom stereocenters. The average molecular weight is 557 g/mol. The van der Waals surface area contributed by atoms with Crippen molar-refractivity contribution in [2.45, 2.75) is 17.4 Å². The minimum absolute atomic E-state index is 0.0512. The zero-order valence-corrected chi connectivity index (χ0v) is 22.5. The van der Waals surface area contributed by atoms with Gasteiger partial charge in [-0.15, -0.1) is 0 Å². The number of hydrogen-bond acceptors (Lipinski definition) is 8. The van der Waals surface area contributed by atoms with Crippen LogP contribution in [0.25, 0.3) is 0 Å². The Morgan fingerprint density at radius 1 is 1.02 bits per heavy atom. The summed E-state index contributed by atoms with van der Waals surface area (Å²) in [5, 5.41) is 2.35. The lowest BCUT2D eigenvalue weighted by molar-refractivity contribution is -0.186. The van der Waals surface area contributed by atoms with Crippen molar-refractivity contribution < 1.29 is 23.0 Å². The van der Waals surface area contributed by atoms with Crippen LogP contribution in [-0.2, 0) is 16.1 Å². The molecule has 1 aromatic heterocycles. The monoisotopic (exact) mass is 556 g/mol. The molecule has 1 unspecified atom stereocenters. The largest absolute Gasteiger partial charge is 0.497 e. The van der Waals surface area contributed by atoms with Crippen molar-refractivity contribution in [1.82, 2.24) is 10.2 Å². The summed E-state index contributed by atoms with van der Waals surface area (Å²) < 4.78 is 19.1. The number of pyridine rings is 1. The van der Waals surface area contributed by atoms with E-state index in [1.807, 2.05) is 42.5 Å². The van der Waals surface area contributed by atoms with Crippen LogP contribution in [0, 0.1) is 0 Å². The lowest BCUT2D eigenvalue weighted by atomic mass is 9.98. The molecular weight excluding hydrogens is 531 g/mol. The van der Waals surface area contributed by atoms with Crippen LogP contribution in [-0.4, -0.2) is 47.9 Å². The van der Waals surface area contributed by atoms with Crippen LogP contribution in [0.5, 0.6) is 5.75 Å². The maximum Gasteiger partial charge on any atom is 0.352 e. The lowest BCUT2D eigenvalue weighted by Crippen LogP contribution is -2.47. The zero-order valence-electron chi connectivity index (χ0n) is 21.7. The number of methoxy groups -OCH3 is 1. The van der Waals surface area contributed by atoms with Gasteiger partial charge in [0.2, 0.25) is 0 Å². The number of hydrazine groups is 1. The summed E-state index contributed by atoms with van der Waals surface area (Å²) in [5.74, 6) is -0.722. The normalized spacial score (nSPS) is 15.7. The maximum absolute atomic E-state index is 13.9. The van der Waals surface area contributed by atoms with E-state index >= 15 is 0 Å². The number of nitrogens with zero attached hydrogens (tertiary/aromatic N) is 4. The molecule has 0 aliphatic carbocycles. The van der Waals surface area contributed by atoms with Gasteiger partial charge in [0.15, 0.2) is 6.04 Å². The fraction of sp³-hybridized carbons (Fsp3) is 0.133. The van der Waals surface area contributed by atoms with Crippen molar-refractivity contribution in [3.63, 3.8) is 0 Å². The van der Waals surface area contributed by atoms with Gasteiger partial charge < -0.3 is 9.57 Å². The van der Waals surface area contributed by atoms with Gasteiger partial charge in [0.25, 0.3) is 5.91 Å². The van der Waals surface area contributed by atoms with Crippen LogP contribution in [0.4, 0.5) is 9.57 Å². The molecule has 2 heterocycles. The number of rotatable bonds is 6. The zero-order chi connectivity index (χ0) is 28.1. The van der Waals surface area contributed by atoms with Gasteiger partial charge >= 0.3 is 5.97 Å². The van der Waals surface area contributed by atoms with E-state index in [1.54, 1.807) is 48.5 Å². The van der Waals surface area contributed by atoms with Gasteiger partial charge in [-0.25, -0.2) is 9.80 Å². The van der Waals surface area contributed by atoms with E-state index in [-0.39, 0.29) is 24.3 Å². The van der Waals surface area contributed by atoms with E-state index in [9.17, 15) is 13.5 Å². The lowest BCUT2D eigenvalue weighted by Gasteiger charge is -2.30. The molecule has 10 heteroatoms. The molecule has 0 bridgehead atoms. The predicted octanol–water partition coefficient (Wildman–Crippen LogP) is 5.48. The van der Waals surface area contributed by atoms with Crippen LogP contribution < -0.4 is 9.75 Å². The number of carbonyl (C=O) groups excluding carboxylic acids is 2. The second-order valence-corrected chi connectivity index (χ2v) is 9.43. The Bertz CT molecular complexity index is 1550. The van der Waals surface area contributed by atoms with E-state index in [2.05, 4.69) is 4.98 Å². The van der Waals surface area contributed by atoms with Crippen LogP contribution >= 0.6 is 12.1 Å². The molecule has 8 nitrogen and oxygen atoms in total. The fourth-order valence-electron chi connectivity index (χ4n) is 4.42. The first-order chi connectivity index (χ1) is 19.5. The standard InChI is InChI=1S/C30H25FN4O4S/c1-34-35(29(36)24-13-8-9-17-32-24)26-14-7-6-12-23(26)28(20-10-4-3-5-11-20)33-25(30(37)39-34)18-21-15-16-22(38-2)19-27(21)40-31/h3-17,19,25H,18H2,1-2H3. The topological polar surface area (TPSA) is 84.3 Å². The maximum atomic E-state index is 13.9. The van der Waals surface area contributed by atoms with Crippen molar-refractivity contribution in [2.75, 3.05) is 19.2 Å². The first-order valence-corrected chi connectivity index (χ1v) is 13.1. The SMILES string of the molecule is COc1ccc(CC2N=C(c3ccccc3)c3ccccc3N(C(=O)c3ccccn3)N(C)OC2=O)c(SF)c1. The first kappa shape index (κ1) is 27.0. The molecule has 1 amide bonds. The molecule has 0 radical (unpaired) electrons. The summed E-state index contributed by atoms with van der Waals surface area (Å²) in [6, 6.07) is 25.5. The van der Waals surface area contributed by atoms with Gasteiger partial charge in [-0.3, -0.25) is 14.8 Å². The summed E-state index contributed by atoms with van der Waals surface area (Å²) in [6.45, 7) is 0. The van der Waals surface area contributed by atoms with Crippen LogP contribution in [0.15, 0.2) is 107 Å². The number of hydrogen-bond donors (Lipinski definition) is 0. The molecule has 0 spiro atoms. The third-order valence-electron chi connectivity index (χ3n) is 6.34. The second kappa shape index (κ2) is 12.1. The van der Waals surface area contributed by atoms with Gasteiger partial charge in [0, 0.05) is 35.7 Å². The van der Waals surface area contributed by atoms with Gasteiger partial charge in [0.05, 0.1) is 30.7 Å². The second-order valence-electron chi connectivity index (χ2n) is 8.84. The third-order valence-corrected chi connectivity index (χ3v) is 6.89. The average Bonchev–Trinajstić information content (AvgIpc) is 3.04.